The fraction of sp³-hybridized carbons (Fsp3) is 0.333. The molecule has 0 fully saturated rings. The maximum Gasteiger partial charge on any atom is 0.315 e. The highest BCUT2D eigenvalue weighted by molar-refractivity contribution is 7.09. The highest BCUT2D eigenvalue weighted by Gasteiger charge is 2.07. The van der Waals surface area contributed by atoms with Gasteiger partial charge in [-0.05, 0) is 24.6 Å². The molecule has 0 aliphatic carbocycles. The van der Waals surface area contributed by atoms with Gasteiger partial charge >= 0.3 is 6.03 Å². The van der Waals surface area contributed by atoms with E-state index in [-0.39, 0.29) is 6.03 Å². The Hall–Kier alpha value is -2.28. The van der Waals surface area contributed by atoms with Crippen molar-refractivity contribution in [3.05, 3.63) is 39.8 Å². The van der Waals surface area contributed by atoms with Crippen LogP contribution in [0.25, 0.3) is 0 Å². The van der Waals surface area contributed by atoms with E-state index in [0.29, 0.717) is 24.6 Å². The summed E-state index contributed by atoms with van der Waals surface area (Å²) in [5, 5.41) is 5.62. The van der Waals surface area contributed by atoms with Gasteiger partial charge in [0.05, 0.1) is 32.0 Å². The molecule has 0 saturated heterocycles. The van der Waals surface area contributed by atoms with Crippen molar-refractivity contribution < 1.29 is 14.3 Å². The first kappa shape index (κ1) is 16.1. The van der Waals surface area contributed by atoms with Gasteiger partial charge in [-0.25, -0.2) is 9.78 Å². The molecule has 1 aromatic heterocycles. The van der Waals surface area contributed by atoms with Crippen LogP contribution in [0.4, 0.5) is 4.79 Å². The summed E-state index contributed by atoms with van der Waals surface area (Å²) in [6.07, 6.45) is 0. The van der Waals surface area contributed by atoms with Crippen LogP contribution in [-0.4, -0.2) is 25.2 Å². The lowest BCUT2D eigenvalue weighted by Gasteiger charge is -2.11. The zero-order valence-corrected chi connectivity index (χ0v) is 13.6. The summed E-state index contributed by atoms with van der Waals surface area (Å²) in [6, 6.07) is 5.32. The minimum absolute atomic E-state index is 0.220. The average Bonchev–Trinajstić information content (AvgIpc) is 2.95. The lowest BCUT2D eigenvalue weighted by Crippen LogP contribution is -2.34. The molecular weight excluding hydrogens is 302 g/mol. The molecule has 0 bridgehead atoms. The summed E-state index contributed by atoms with van der Waals surface area (Å²) in [7, 11) is 3.17. The monoisotopic (exact) mass is 321 g/mol. The summed E-state index contributed by atoms with van der Waals surface area (Å²) < 4.78 is 10.4. The molecule has 0 aliphatic heterocycles. The van der Waals surface area contributed by atoms with E-state index in [0.717, 1.165) is 16.1 Å². The van der Waals surface area contributed by atoms with Crippen molar-refractivity contribution in [1.82, 2.24) is 15.6 Å². The predicted octanol–water partition coefficient (Wildman–Crippen LogP) is 2.47. The first-order valence-electron chi connectivity index (χ1n) is 6.75. The molecule has 0 radical (unpaired) electrons. The first-order valence-corrected chi connectivity index (χ1v) is 7.63. The molecule has 1 heterocycles. The minimum atomic E-state index is -0.220. The number of rotatable bonds is 6. The van der Waals surface area contributed by atoms with Gasteiger partial charge in [0.25, 0.3) is 0 Å². The Balaban J connectivity index is 1.84. The quantitative estimate of drug-likeness (QED) is 0.857. The number of aryl methyl sites for hydroxylation is 1. The third kappa shape index (κ3) is 4.11. The molecule has 6 nitrogen and oxygen atoms in total. The number of nitrogens with one attached hydrogen (secondary N) is 2. The van der Waals surface area contributed by atoms with Crippen LogP contribution in [0.15, 0.2) is 23.7 Å². The molecule has 118 valence electrons. The Labute approximate surface area is 133 Å². The van der Waals surface area contributed by atoms with Gasteiger partial charge in [0, 0.05) is 11.4 Å². The first-order chi connectivity index (χ1) is 10.6. The molecule has 0 spiro atoms. The van der Waals surface area contributed by atoms with Crippen molar-refractivity contribution >= 4 is 17.4 Å². The molecule has 1 aromatic carbocycles. The number of urea groups is 1. The molecule has 2 rings (SSSR count). The molecule has 0 atom stereocenters. The van der Waals surface area contributed by atoms with Crippen molar-refractivity contribution in [2.75, 3.05) is 14.2 Å². The van der Waals surface area contributed by atoms with E-state index in [1.165, 1.54) is 11.3 Å². The van der Waals surface area contributed by atoms with E-state index in [1.807, 2.05) is 25.1 Å². The number of methoxy groups -OCH3 is 2. The van der Waals surface area contributed by atoms with Crippen molar-refractivity contribution in [2.24, 2.45) is 0 Å². The van der Waals surface area contributed by atoms with E-state index < -0.39 is 0 Å². The molecule has 7 heteroatoms. The second kappa shape index (κ2) is 7.65. The summed E-state index contributed by atoms with van der Waals surface area (Å²) in [5.41, 5.74) is 3.65. The maximum absolute atomic E-state index is 11.8. The van der Waals surface area contributed by atoms with Gasteiger partial charge in [0.15, 0.2) is 11.5 Å². The second-order valence-corrected chi connectivity index (χ2v) is 5.53. The van der Waals surface area contributed by atoms with Crippen LogP contribution in [0, 0.1) is 6.92 Å². The fourth-order valence-corrected chi connectivity index (χ4v) is 2.61. The van der Waals surface area contributed by atoms with Crippen LogP contribution in [0.2, 0.25) is 0 Å². The highest BCUT2D eigenvalue weighted by Crippen LogP contribution is 2.27. The van der Waals surface area contributed by atoms with Gasteiger partial charge in [0.2, 0.25) is 0 Å². The zero-order valence-electron chi connectivity index (χ0n) is 12.8. The van der Waals surface area contributed by atoms with Crippen LogP contribution >= 0.6 is 11.3 Å². The molecule has 0 aliphatic rings. The van der Waals surface area contributed by atoms with Crippen LogP contribution in [-0.2, 0) is 13.1 Å². The summed E-state index contributed by atoms with van der Waals surface area (Å²) in [6.45, 7) is 2.82. The summed E-state index contributed by atoms with van der Waals surface area (Å²) in [4.78, 5) is 17.0. The van der Waals surface area contributed by atoms with Crippen LogP contribution in [0.3, 0.4) is 0 Å². The molecule has 0 saturated carbocycles. The van der Waals surface area contributed by atoms with Crippen molar-refractivity contribution in [2.45, 2.75) is 20.0 Å². The van der Waals surface area contributed by atoms with Crippen molar-refractivity contribution in [3.8, 4) is 11.5 Å². The number of hydrogen-bond donors (Lipinski definition) is 2. The number of aromatic nitrogens is 1. The van der Waals surface area contributed by atoms with Gasteiger partial charge in [-0.1, -0.05) is 6.07 Å². The predicted molar refractivity (Wildman–Crippen MR) is 85.5 cm³/mol. The van der Waals surface area contributed by atoms with E-state index in [4.69, 9.17) is 9.47 Å². The fourth-order valence-electron chi connectivity index (χ4n) is 1.89. The standard InChI is InChI=1S/C15H19N3O3S/c1-10-14(22-9-18-10)8-17-15(19)16-7-11-4-5-12(20-2)13(6-11)21-3/h4-6,9H,7-8H2,1-3H3,(H2,16,17,19). The van der Waals surface area contributed by atoms with Gasteiger partial charge in [0.1, 0.15) is 0 Å². The van der Waals surface area contributed by atoms with Gasteiger partial charge in [-0.15, -0.1) is 11.3 Å². The average molecular weight is 321 g/mol. The smallest absolute Gasteiger partial charge is 0.315 e. The second-order valence-electron chi connectivity index (χ2n) is 4.59. The van der Waals surface area contributed by atoms with Crippen LogP contribution < -0.4 is 20.1 Å². The van der Waals surface area contributed by atoms with E-state index in [2.05, 4.69) is 15.6 Å². The van der Waals surface area contributed by atoms with Gasteiger partial charge in [-0.2, -0.15) is 0 Å². The molecule has 2 amide bonds. The zero-order chi connectivity index (χ0) is 15.9. The number of hydrogen-bond acceptors (Lipinski definition) is 5. The number of nitrogens with zero attached hydrogens (tertiary/aromatic N) is 1. The lowest BCUT2D eigenvalue weighted by atomic mass is 10.2. The largest absolute Gasteiger partial charge is 0.493 e. The summed E-state index contributed by atoms with van der Waals surface area (Å²) >= 11 is 1.53. The number of benzene rings is 1. The Bertz CT molecular complexity index is 643. The molecule has 22 heavy (non-hydrogen) atoms. The molecule has 0 unspecified atom stereocenters. The Morgan fingerprint density at radius 3 is 2.55 bits per heavy atom. The van der Waals surface area contributed by atoms with Crippen LogP contribution in [0.5, 0.6) is 11.5 Å². The van der Waals surface area contributed by atoms with E-state index in [1.54, 1.807) is 19.7 Å². The third-order valence-corrected chi connectivity index (χ3v) is 4.09. The number of carbonyl (C=O) groups is 1. The van der Waals surface area contributed by atoms with E-state index >= 15 is 0 Å². The van der Waals surface area contributed by atoms with Gasteiger partial charge in [-0.3, -0.25) is 0 Å². The maximum atomic E-state index is 11.8. The van der Waals surface area contributed by atoms with Crippen LogP contribution in [0.1, 0.15) is 16.1 Å². The molecule has 2 N–H and O–H groups in total. The number of carbonyl (C=O) groups excluding carboxylic acids is 1. The van der Waals surface area contributed by atoms with Crippen molar-refractivity contribution in [3.63, 3.8) is 0 Å². The number of ether oxygens (including phenoxy) is 2. The van der Waals surface area contributed by atoms with E-state index in [9.17, 15) is 4.79 Å². The highest BCUT2D eigenvalue weighted by atomic mass is 32.1. The topological polar surface area (TPSA) is 72.5 Å². The molecular formula is C15H19N3O3S. The number of thiazole rings is 1. The molecule has 2 aromatic rings. The number of amides is 2. The minimum Gasteiger partial charge on any atom is -0.493 e. The Kier molecular flexibility index (Phi) is 5.60. The van der Waals surface area contributed by atoms with Gasteiger partial charge < -0.3 is 20.1 Å². The normalized spacial score (nSPS) is 10.1. The summed E-state index contributed by atoms with van der Waals surface area (Å²) in [5.74, 6) is 1.30. The third-order valence-electron chi connectivity index (χ3n) is 3.16. The lowest BCUT2D eigenvalue weighted by molar-refractivity contribution is 0.240. The Morgan fingerprint density at radius 2 is 1.91 bits per heavy atom. The van der Waals surface area contributed by atoms with Crippen molar-refractivity contribution in [1.29, 1.82) is 0 Å². The Morgan fingerprint density at radius 1 is 1.18 bits per heavy atom. The SMILES string of the molecule is COc1ccc(CNC(=O)NCc2scnc2C)cc1OC.